The van der Waals surface area contributed by atoms with Crippen LogP contribution in [0.2, 0.25) is 0 Å². The molecule has 2 aromatic rings. The first-order chi connectivity index (χ1) is 9.20. The fourth-order valence-corrected chi connectivity index (χ4v) is 1.97. The highest BCUT2D eigenvalue weighted by Gasteiger charge is 2.05. The zero-order valence-electron chi connectivity index (χ0n) is 12.6. The van der Waals surface area contributed by atoms with E-state index in [2.05, 4.69) is 56.1 Å². The molecule has 1 aromatic carbocycles. The summed E-state index contributed by atoms with van der Waals surface area (Å²) in [6, 6.07) is 14.5. The second-order valence-electron chi connectivity index (χ2n) is 4.28. The maximum atomic E-state index is 4.40. The summed E-state index contributed by atoms with van der Waals surface area (Å²) >= 11 is 0. The molecule has 0 bridgehead atoms. The van der Waals surface area contributed by atoms with E-state index >= 15 is 0 Å². The Kier molecular flexibility index (Phi) is 6.01. The van der Waals surface area contributed by atoms with Gasteiger partial charge in [-0.25, -0.2) is 0 Å². The van der Waals surface area contributed by atoms with E-state index < -0.39 is 0 Å². The summed E-state index contributed by atoms with van der Waals surface area (Å²) in [5.74, 6) is 0. The lowest BCUT2D eigenvalue weighted by Crippen LogP contribution is -1.91. The van der Waals surface area contributed by atoms with E-state index in [-0.39, 0.29) is 0 Å². The Labute approximate surface area is 117 Å². The first kappa shape index (κ1) is 15.2. The third kappa shape index (κ3) is 3.78. The Morgan fingerprint density at radius 1 is 0.842 bits per heavy atom. The minimum Gasteiger partial charge on any atom is -0.257 e. The van der Waals surface area contributed by atoms with Gasteiger partial charge in [0.05, 0.1) is 5.69 Å². The van der Waals surface area contributed by atoms with E-state index in [1.165, 1.54) is 22.3 Å². The number of aryl methyl sites for hydroxylation is 1. The van der Waals surface area contributed by atoms with E-state index in [1.54, 1.807) is 0 Å². The van der Waals surface area contributed by atoms with Gasteiger partial charge in [-0.1, -0.05) is 44.2 Å². The molecule has 0 saturated heterocycles. The van der Waals surface area contributed by atoms with Gasteiger partial charge in [0, 0.05) is 6.20 Å². The van der Waals surface area contributed by atoms with Gasteiger partial charge < -0.3 is 0 Å². The Morgan fingerprint density at radius 2 is 1.47 bits per heavy atom. The smallest absolute Gasteiger partial charge is 0.0661 e. The molecule has 0 radical (unpaired) electrons. The van der Waals surface area contributed by atoms with Crippen molar-refractivity contribution in [3.63, 3.8) is 0 Å². The zero-order valence-corrected chi connectivity index (χ0v) is 12.6. The third-order valence-electron chi connectivity index (χ3n) is 3.16. The maximum absolute atomic E-state index is 4.40. The molecule has 0 fully saturated rings. The topological polar surface area (TPSA) is 12.9 Å². The minimum atomic E-state index is 1.05. The molecule has 0 saturated carbocycles. The summed E-state index contributed by atoms with van der Waals surface area (Å²) in [6.45, 7) is 10.4. The fourth-order valence-electron chi connectivity index (χ4n) is 1.97. The number of rotatable bonds is 2. The van der Waals surface area contributed by atoms with Crippen molar-refractivity contribution in [3.05, 3.63) is 65.5 Å². The Balaban J connectivity index is 0.000000861. The average molecular weight is 253 g/mol. The number of benzene rings is 1. The van der Waals surface area contributed by atoms with Crippen LogP contribution in [0.25, 0.3) is 11.1 Å². The number of pyridine rings is 1. The van der Waals surface area contributed by atoms with E-state index in [4.69, 9.17) is 0 Å². The van der Waals surface area contributed by atoms with Gasteiger partial charge in [0.2, 0.25) is 0 Å². The monoisotopic (exact) mass is 253 g/mol. The van der Waals surface area contributed by atoms with Gasteiger partial charge in [0.15, 0.2) is 0 Å². The van der Waals surface area contributed by atoms with Crippen molar-refractivity contribution in [2.24, 2.45) is 0 Å². The first-order valence-corrected chi connectivity index (χ1v) is 6.85. The normalized spacial score (nSPS) is 11.2. The zero-order chi connectivity index (χ0) is 14.3. The van der Waals surface area contributed by atoms with Crippen molar-refractivity contribution in [2.75, 3.05) is 0 Å². The molecule has 0 spiro atoms. The molecule has 0 aliphatic heterocycles. The molecule has 19 heavy (non-hydrogen) atoms. The highest BCUT2D eigenvalue weighted by Crippen LogP contribution is 2.26. The van der Waals surface area contributed by atoms with Crippen molar-refractivity contribution in [1.29, 1.82) is 0 Å². The summed E-state index contributed by atoms with van der Waals surface area (Å²) in [4.78, 5) is 4.40. The highest BCUT2D eigenvalue weighted by molar-refractivity contribution is 5.88. The summed E-state index contributed by atoms with van der Waals surface area (Å²) in [5, 5.41) is 0. The standard InChI is InChI=1S/C16H17N.C2H6/c1-12-8-4-5-9-15(12)13(2)14(3)16-10-6-7-11-17-16;1-2/h4-11H,1-3H3;1-2H3/b14-13+;. The van der Waals surface area contributed by atoms with Crippen LogP contribution in [0.5, 0.6) is 0 Å². The van der Waals surface area contributed by atoms with Gasteiger partial charge in [0.25, 0.3) is 0 Å². The molecule has 0 aliphatic carbocycles. The van der Waals surface area contributed by atoms with Crippen LogP contribution in [-0.2, 0) is 0 Å². The quantitative estimate of drug-likeness (QED) is 0.701. The largest absolute Gasteiger partial charge is 0.257 e. The van der Waals surface area contributed by atoms with Crippen molar-refractivity contribution in [2.45, 2.75) is 34.6 Å². The molecule has 0 unspecified atom stereocenters. The van der Waals surface area contributed by atoms with Crippen molar-refractivity contribution < 1.29 is 0 Å². The van der Waals surface area contributed by atoms with Crippen LogP contribution in [0.3, 0.4) is 0 Å². The summed E-state index contributed by atoms with van der Waals surface area (Å²) < 4.78 is 0. The predicted octanol–water partition coefficient (Wildman–Crippen LogP) is 5.37. The molecule has 1 aromatic heterocycles. The van der Waals surface area contributed by atoms with Crippen LogP contribution in [0.1, 0.15) is 44.5 Å². The van der Waals surface area contributed by atoms with Crippen LogP contribution in [0.15, 0.2) is 48.7 Å². The molecule has 1 heterocycles. The molecule has 2 rings (SSSR count). The molecule has 100 valence electrons. The summed E-state index contributed by atoms with van der Waals surface area (Å²) in [7, 11) is 0. The number of nitrogens with zero attached hydrogens (tertiary/aromatic N) is 1. The maximum Gasteiger partial charge on any atom is 0.0661 e. The van der Waals surface area contributed by atoms with E-state index in [0.29, 0.717) is 0 Å². The van der Waals surface area contributed by atoms with Crippen molar-refractivity contribution in [1.82, 2.24) is 4.98 Å². The van der Waals surface area contributed by atoms with Crippen LogP contribution in [0.4, 0.5) is 0 Å². The third-order valence-corrected chi connectivity index (χ3v) is 3.16. The van der Waals surface area contributed by atoms with Gasteiger partial charge in [-0.2, -0.15) is 0 Å². The SMILES string of the molecule is C/C(=C(/C)c1ccccc1C)c1ccccn1.CC. The molecule has 0 atom stereocenters. The first-order valence-electron chi connectivity index (χ1n) is 6.85. The summed E-state index contributed by atoms with van der Waals surface area (Å²) in [5.41, 5.74) is 6.19. The molecular formula is C18H23N. The molecular weight excluding hydrogens is 230 g/mol. The molecule has 1 nitrogen and oxygen atoms in total. The molecule has 0 N–H and O–H groups in total. The second-order valence-corrected chi connectivity index (χ2v) is 4.28. The molecule has 0 amide bonds. The number of hydrogen-bond acceptors (Lipinski definition) is 1. The number of aromatic nitrogens is 1. The van der Waals surface area contributed by atoms with Gasteiger partial charge >= 0.3 is 0 Å². The van der Waals surface area contributed by atoms with Crippen LogP contribution in [-0.4, -0.2) is 4.98 Å². The van der Waals surface area contributed by atoms with Gasteiger partial charge in [-0.05, 0) is 55.2 Å². The number of allylic oxidation sites excluding steroid dienone is 2. The van der Waals surface area contributed by atoms with Crippen molar-refractivity contribution in [3.8, 4) is 0 Å². The Bertz CT molecular complexity index is 539. The van der Waals surface area contributed by atoms with Crippen LogP contribution >= 0.6 is 0 Å². The van der Waals surface area contributed by atoms with Crippen LogP contribution in [0, 0.1) is 6.92 Å². The molecule has 1 heteroatoms. The van der Waals surface area contributed by atoms with E-state index in [0.717, 1.165) is 5.69 Å². The predicted molar refractivity (Wildman–Crippen MR) is 84.9 cm³/mol. The molecule has 0 aliphatic rings. The van der Waals surface area contributed by atoms with Gasteiger partial charge in [-0.15, -0.1) is 0 Å². The lowest BCUT2D eigenvalue weighted by molar-refractivity contribution is 1.26. The Morgan fingerprint density at radius 3 is 2.05 bits per heavy atom. The fraction of sp³-hybridized carbons (Fsp3) is 0.278. The van der Waals surface area contributed by atoms with Crippen molar-refractivity contribution >= 4 is 11.1 Å². The summed E-state index contributed by atoms with van der Waals surface area (Å²) in [6.07, 6.45) is 1.84. The highest BCUT2D eigenvalue weighted by atomic mass is 14.7. The van der Waals surface area contributed by atoms with Crippen LogP contribution < -0.4 is 0 Å². The second kappa shape index (κ2) is 7.52. The van der Waals surface area contributed by atoms with E-state index in [9.17, 15) is 0 Å². The lowest BCUT2D eigenvalue weighted by atomic mass is 9.96. The minimum absolute atomic E-state index is 1.05. The number of hydrogen-bond donors (Lipinski definition) is 0. The van der Waals surface area contributed by atoms with Gasteiger partial charge in [0.1, 0.15) is 0 Å². The lowest BCUT2D eigenvalue weighted by Gasteiger charge is -2.10. The van der Waals surface area contributed by atoms with Gasteiger partial charge in [-0.3, -0.25) is 4.98 Å². The average Bonchev–Trinajstić information content (AvgIpc) is 2.49. The van der Waals surface area contributed by atoms with E-state index in [1.807, 2.05) is 32.2 Å². The Hall–Kier alpha value is -1.89.